The Balaban J connectivity index is 1.44. The van der Waals surface area contributed by atoms with Crippen LogP contribution in [0.4, 0.5) is 5.69 Å². The van der Waals surface area contributed by atoms with E-state index in [2.05, 4.69) is 16.3 Å². The van der Waals surface area contributed by atoms with Crippen molar-refractivity contribution in [3.63, 3.8) is 0 Å². The second kappa shape index (κ2) is 5.95. The third-order valence-electron chi connectivity index (χ3n) is 4.06. The predicted octanol–water partition coefficient (Wildman–Crippen LogP) is 3.18. The van der Waals surface area contributed by atoms with Crippen molar-refractivity contribution in [3.8, 4) is 6.07 Å². The quantitative estimate of drug-likeness (QED) is 0.853. The largest absolute Gasteiger partial charge is 0.311 e. The van der Waals surface area contributed by atoms with Gasteiger partial charge in [0, 0.05) is 18.2 Å². The molecule has 2 aliphatic rings. The molecule has 2 aromatic rings. The van der Waals surface area contributed by atoms with Crippen molar-refractivity contribution in [1.82, 2.24) is 10.2 Å². The normalized spacial score (nSPS) is 20.7. The van der Waals surface area contributed by atoms with Crippen molar-refractivity contribution in [1.29, 1.82) is 5.26 Å². The lowest BCUT2D eigenvalue weighted by Gasteiger charge is -2.16. The first-order valence-electron chi connectivity index (χ1n) is 7.56. The second-order valence-corrected chi connectivity index (χ2v) is 8.18. The fraction of sp³-hybridized carbons (Fsp3) is 0.375. The number of aromatic nitrogens is 2. The summed E-state index contributed by atoms with van der Waals surface area (Å²) in [6.07, 6.45) is 3.24. The number of rotatable bonds is 4. The average molecular weight is 342 g/mol. The van der Waals surface area contributed by atoms with Crippen LogP contribution in [0.2, 0.25) is 0 Å². The first-order chi connectivity index (χ1) is 11.2. The van der Waals surface area contributed by atoms with Gasteiger partial charge in [0.25, 0.3) is 0 Å². The molecule has 5 nitrogen and oxygen atoms in total. The molecule has 23 heavy (non-hydrogen) atoms. The number of nitrogens with zero attached hydrogens (tertiary/aromatic N) is 4. The van der Waals surface area contributed by atoms with Gasteiger partial charge >= 0.3 is 0 Å². The number of thioether (sulfide) groups is 1. The summed E-state index contributed by atoms with van der Waals surface area (Å²) < 4.78 is 0.895. The van der Waals surface area contributed by atoms with Gasteiger partial charge < -0.3 is 4.90 Å². The third-order valence-corrected chi connectivity index (χ3v) is 6.48. The zero-order chi connectivity index (χ0) is 15.8. The van der Waals surface area contributed by atoms with Gasteiger partial charge in [-0.3, -0.25) is 4.79 Å². The van der Waals surface area contributed by atoms with Crippen molar-refractivity contribution in [2.45, 2.75) is 34.8 Å². The number of nitriles is 1. The molecule has 0 unspecified atom stereocenters. The number of hydrogen-bond acceptors (Lipinski definition) is 6. The van der Waals surface area contributed by atoms with Crippen LogP contribution in [-0.4, -0.2) is 27.9 Å². The van der Waals surface area contributed by atoms with Gasteiger partial charge in [-0.1, -0.05) is 23.1 Å². The van der Waals surface area contributed by atoms with Crippen LogP contribution in [0, 0.1) is 11.3 Å². The van der Waals surface area contributed by atoms with Crippen LogP contribution < -0.4 is 4.90 Å². The minimum absolute atomic E-state index is 0.0920. The van der Waals surface area contributed by atoms with E-state index in [1.807, 2.05) is 12.1 Å². The molecule has 1 saturated carbocycles. The molecule has 1 saturated heterocycles. The van der Waals surface area contributed by atoms with Gasteiger partial charge in [-0.25, -0.2) is 0 Å². The zero-order valence-electron chi connectivity index (χ0n) is 12.3. The van der Waals surface area contributed by atoms with Gasteiger partial charge in [0.1, 0.15) is 5.01 Å². The Labute approximate surface area is 142 Å². The molecule has 1 atom stereocenters. The van der Waals surface area contributed by atoms with Crippen LogP contribution in [0.15, 0.2) is 28.6 Å². The van der Waals surface area contributed by atoms with Crippen molar-refractivity contribution in [3.05, 3.63) is 34.8 Å². The van der Waals surface area contributed by atoms with Gasteiger partial charge in [-0.05, 0) is 43.5 Å². The van der Waals surface area contributed by atoms with E-state index >= 15 is 0 Å². The minimum atomic E-state index is -0.0920. The first-order valence-corrected chi connectivity index (χ1v) is 9.26. The number of anilines is 1. The highest BCUT2D eigenvalue weighted by Gasteiger charge is 2.35. The van der Waals surface area contributed by atoms with Gasteiger partial charge in [0.2, 0.25) is 5.91 Å². The van der Waals surface area contributed by atoms with Gasteiger partial charge in [0.05, 0.1) is 16.9 Å². The summed E-state index contributed by atoms with van der Waals surface area (Å²) in [6.45, 7) is 0.705. The summed E-state index contributed by atoms with van der Waals surface area (Å²) in [5, 5.41) is 18.3. The highest BCUT2D eigenvalue weighted by molar-refractivity contribution is 8.02. The summed E-state index contributed by atoms with van der Waals surface area (Å²) in [5.74, 6) is 0.721. The van der Waals surface area contributed by atoms with Gasteiger partial charge in [0.15, 0.2) is 4.34 Å². The first kappa shape index (κ1) is 14.7. The highest BCUT2D eigenvalue weighted by Crippen LogP contribution is 2.43. The number of benzene rings is 1. The maximum atomic E-state index is 12.6. The summed E-state index contributed by atoms with van der Waals surface area (Å²) in [7, 11) is 0. The topological polar surface area (TPSA) is 69.9 Å². The lowest BCUT2D eigenvalue weighted by molar-refractivity contribution is -0.116. The SMILES string of the molecule is N#Cc1ccc(N2CC[C@H](Sc3nnc(C4CC4)s3)C2=O)cc1. The molecular weight excluding hydrogens is 328 g/mol. The summed E-state index contributed by atoms with van der Waals surface area (Å²) in [4.78, 5) is 14.4. The summed E-state index contributed by atoms with van der Waals surface area (Å²) >= 11 is 3.16. The van der Waals surface area contributed by atoms with Crippen molar-refractivity contribution in [2.24, 2.45) is 0 Å². The number of carbonyl (C=O) groups is 1. The van der Waals surface area contributed by atoms with Crippen LogP contribution in [-0.2, 0) is 4.79 Å². The van der Waals surface area contributed by atoms with E-state index in [0.717, 1.165) is 21.5 Å². The second-order valence-electron chi connectivity index (χ2n) is 5.72. The van der Waals surface area contributed by atoms with Crippen LogP contribution in [0.5, 0.6) is 0 Å². The lowest BCUT2D eigenvalue weighted by Crippen LogP contribution is -2.27. The van der Waals surface area contributed by atoms with Crippen molar-refractivity contribution >= 4 is 34.7 Å². The maximum Gasteiger partial charge on any atom is 0.240 e. The smallest absolute Gasteiger partial charge is 0.240 e. The molecule has 1 aliphatic heterocycles. The average Bonchev–Trinajstić information content (AvgIpc) is 3.23. The molecule has 4 rings (SSSR count). The minimum Gasteiger partial charge on any atom is -0.311 e. The highest BCUT2D eigenvalue weighted by atomic mass is 32.2. The Kier molecular flexibility index (Phi) is 3.79. The Hall–Kier alpha value is -1.91. The Bertz CT molecular complexity index is 776. The van der Waals surface area contributed by atoms with Crippen LogP contribution >= 0.6 is 23.1 Å². The maximum absolute atomic E-state index is 12.6. The zero-order valence-corrected chi connectivity index (χ0v) is 13.9. The molecule has 7 heteroatoms. The standard InChI is InChI=1S/C16H14N4OS2/c17-9-10-1-5-12(6-2-10)20-8-7-13(15(20)21)22-16-19-18-14(23-16)11-3-4-11/h1-2,5-6,11,13H,3-4,7-8H2/t13-/m0/s1. The van der Waals surface area contributed by atoms with E-state index in [0.29, 0.717) is 18.0 Å². The monoisotopic (exact) mass is 342 g/mol. The number of amides is 1. The van der Waals surface area contributed by atoms with E-state index in [4.69, 9.17) is 5.26 Å². The fourth-order valence-electron chi connectivity index (χ4n) is 2.62. The van der Waals surface area contributed by atoms with Crippen LogP contribution in [0.1, 0.15) is 35.8 Å². The molecular formula is C16H14N4OS2. The van der Waals surface area contributed by atoms with Crippen molar-refractivity contribution in [2.75, 3.05) is 11.4 Å². The molecule has 0 N–H and O–H groups in total. The van der Waals surface area contributed by atoms with Crippen molar-refractivity contribution < 1.29 is 4.79 Å². The Morgan fingerprint density at radius 3 is 2.70 bits per heavy atom. The van der Waals surface area contributed by atoms with Gasteiger partial charge in [-0.2, -0.15) is 5.26 Å². The van der Waals surface area contributed by atoms with Crippen LogP contribution in [0.25, 0.3) is 0 Å². The Morgan fingerprint density at radius 2 is 2.00 bits per heavy atom. The van der Waals surface area contributed by atoms with E-state index in [-0.39, 0.29) is 11.2 Å². The molecule has 1 aromatic heterocycles. The lowest BCUT2D eigenvalue weighted by atomic mass is 10.2. The van der Waals surface area contributed by atoms with E-state index < -0.39 is 0 Å². The molecule has 2 fully saturated rings. The van der Waals surface area contributed by atoms with Crippen LogP contribution in [0.3, 0.4) is 0 Å². The third kappa shape index (κ3) is 2.96. The molecule has 2 heterocycles. The summed E-state index contributed by atoms with van der Waals surface area (Å²) in [6, 6.07) is 9.25. The molecule has 0 radical (unpaired) electrons. The molecule has 0 bridgehead atoms. The Morgan fingerprint density at radius 1 is 1.22 bits per heavy atom. The predicted molar refractivity (Wildman–Crippen MR) is 89.7 cm³/mol. The summed E-state index contributed by atoms with van der Waals surface area (Å²) in [5.41, 5.74) is 1.46. The molecule has 1 aromatic carbocycles. The van der Waals surface area contributed by atoms with E-state index in [9.17, 15) is 4.79 Å². The number of hydrogen-bond donors (Lipinski definition) is 0. The molecule has 1 amide bonds. The molecule has 1 aliphatic carbocycles. The van der Waals surface area contributed by atoms with E-state index in [1.165, 1.54) is 24.6 Å². The van der Waals surface area contributed by atoms with Gasteiger partial charge in [-0.15, -0.1) is 10.2 Å². The van der Waals surface area contributed by atoms with E-state index in [1.54, 1.807) is 28.4 Å². The molecule has 0 spiro atoms. The molecule has 116 valence electrons. The number of carbonyl (C=O) groups excluding carboxylic acids is 1. The fourth-order valence-corrected chi connectivity index (χ4v) is 4.94.